The van der Waals surface area contributed by atoms with Crippen LogP contribution < -0.4 is 24.8 Å². The van der Waals surface area contributed by atoms with Crippen molar-refractivity contribution in [2.24, 2.45) is 5.92 Å². The van der Waals surface area contributed by atoms with Crippen molar-refractivity contribution in [3.8, 4) is 17.2 Å². The number of hydrogen-bond donors (Lipinski definition) is 4. The highest BCUT2D eigenvalue weighted by Crippen LogP contribution is 2.35. The molecular formula is C27H37N3O9S. The van der Waals surface area contributed by atoms with Crippen LogP contribution >= 0.6 is 0 Å². The van der Waals surface area contributed by atoms with E-state index >= 15 is 0 Å². The number of fused-ring (bicyclic) bond motifs is 1. The zero-order valence-electron chi connectivity index (χ0n) is 22.8. The topological polar surface area (TPSA) is 164 Å². The number of nitrogens with zero attached hydrogens (tertiary/aromatic N) is 1. The normalized spacial score (nSPS) is 14.2. The molecule has 0 saturated heterocycles. The van der Waals surface area contributed by atoms with Gasteiger partial charge in [0.2, 0.25) is 22.7 Å². The van der Waals surface area contributed by atoms with E-state index in [1.54, 1.807) is 31.3 Å². The third kappa shape index (κ3) is 8.73. The highest BCUT2D eigenvalue weighted by atomic mass is 32.2. The Balaban J connectivity index is 1.70. The van der Waals surface area contributed by atoms with Gasteiger partial charge in [0.1, 0.15) is 5.75 Å². The summed E-state index contributed by atoms with van der Waals surface area (Å²) >= 11 is 0. The van der Waals surface area contributed by atoms with E-state index in [1.807, 2.05) is 13.8 Å². The number of aliphatic hydroxyl groups excluding tert-OH is 1. The van der Waals surface area contributed by atoms with Crippen LogP contribution in [0.4, 0.5) is 4.79 Å². The first-order chi connectivity index (χ1) is 19.0. The summed E-state index contributed by atoms with van der Waals surface area (Å²) in [5.74, 6) is 1.22. The number of aliphatic hydroxyl groups is 1. The maximum absolute atomic E-state index is 13.6. The smallest absolute Gasteiger partial charge is 0.404 e. The van der Waals surface area contributed by atoms with Crippen LogP contribution in [0, 0.1) is 5.92 Å². The predicted molar refractivity (Wildman–Crippen MR) is 146 cm³/mol. The lowest BCUT2D eigenvalue weighted by Gasteiger charge is -2.30. The van der Waals surface area contributed by atoms with Crippen LogP contribution in [-0.2, 0) is 21.2 Å². The molecule has 0 radical (unpaired) electrons. The van der Waals surface area contributed by atoms with Gasteiger partial charge in [0.05, 0.1) is 23.6 Å². The molecule has 3 rings (SSSR count). The molecule has 0 aliphatic carbocycles. The van der Waals surface area contributed by atoms with E-state index in [2.05, 4.69) is 10.6 Å². The van der Waals surface area contributed by atoms with Crippen molar-refractivity contribution < 1.29 is 42.4 Å². The van der Waals surface area contributed by atoms with E-state index in [4.69, 9.17) is 14.2 Å². The number of ether oxygens (including phenoxy) is 3. The fourth-order valence-corrected chi connectivity index (χ4v) is 5.80. The van der Waals surface area contributed by atoms with Gasteiger partial charge in [-0.05, 0) is 48.6 Å². The second-order valence-corrected chi connectivity index (χ2v) is 11.8. The first-order valence-electron chi connectivity index (χ1n) is 13.0. The molecule has 0 unspecified atom stereocenters. The molecule has 0 bridgehead atoms. The molecule has 220 valence electrons. The van der Waals surface area contributed by atoms with Crippen LogP contribution in [0.15, 0.2) is 47.4 Å². The van der Waals surface area contributed by atoms with Crippen molar-refractivity contribution in [3.63, 3.8) is 0 Å². The summed E-state index contributed by atoms with van der Waals surface area (Å²) in [6.07, 6.45) is -1.66. The van der Waals surface area contributed by atoms with Crippen molar-refractivity contribution >= 4 is 22.0 Å². The van der Waals surface area contributed by atoms with Gasteiger partial charge in [-0.2, -0.15) is 4.31 Å². The summed E-state index contributed by atoms with van der Waals surface area (Å²) in [7, 11) is -2.48. The average molecular weight is 580 g/mol. The van der Waals surface area contributed by atoms with Gasteiger partial charge in [-0.25, -0.2) is 13.2 Å². The molecule has 2 aromatic carbocycles. The van der Waals surface area contributed by atoms with Crippen LogP contribution in [-0.4, -0.2) is 80.6 Å². The number of carbonyl (C=O) groups excluding carboxylic acids is 1. The van der Waals surface area contributed by atoms with E-state index in [-0.39, 0.29) is 43.0 Å². The molecule has 13 heteroatoms. The van der Waals surface area contributed by atoms with Gasteiger partial charge >= 0.3 is 6.09 Å². The van der Waals surface area contributed by atoms with Gasteiger partial charge < -0.3 is 35.1 Å². The summed E-state index contributed by atoms with van der Waals surface area (Å²) in [6, 6.07) is 10.2. The molecule has 0 fully saturated rings. The first-order valence-corrected chi connectivity index (χ1v) is 14.4. The van der Waals surface area contributed by atoms with E-state index in [0.717, 1.165) is 4.31 Å². The molecular weight excluding hydrogens is 542 g/mol. The lowest BCUT2D eigenvalue weighted by Crippen LogP contribution is -2.50. The molecule has 40 heavy (non-hydrogen) atoms. The van der Waals surface area contributed by atoms with Crippen molar-refractivity contribution in [1.29, 1.82) is 0 Å². The maximum Gasteiger partial charge on any atom is 0.404 e. The molecule has 4 N–H and O–H groups in total. The predicted octanol–water partition coefficient (Wildman–Crippen LogP) is 2.21. The third-order valence-corrected chi connectivity index (χ3v) is 8.02. The maximum atomic E-state index is 13.6. The van der Waals surface area contributed by atoms with Gasteiger partial charge in [-0.1, -0.05) is 26.0 Å². The number of hydrogen-bond acceptors (Lipinski definition) is 8. The zero-order chi connectivity index (χ0) is 29.3. The monoisotopic (exact) mass is 579 g/mol. The molecule has 1 aliphatic heterocycles. The highest BCUT2D eigenvalue weighted by molar-refractivity contribution is 7.89. The second kappa shape index (κ2) is 14.2. The fourth-order valence-electron chi connectivity index (χ4n) is 4.17. The Kier molecular flexibility index (Phi) is 11.0. The molecule has 2 amide bonds. The van der Waals surface area contributed by atoms with Crippen LogP contribution in [0.1, 0.15) is 32.3 Å². The Bertz CT molecular complexity index is 1250. The largest absolute Gasteiger partial charge is 0.494 e. The minimum atomic E-state index is -4.05. The number of rotatable bonds is 15. The summed E-state index contributed by atoms with van der Waals surface area (Å²) < 4.78 is 44.5. The van der Waals surface area contributed by atoms with Crippen LogP contribution in [0.2, 0.25) is 0 Å². The lowest BCUT2D eigenvalue weighted by molar-refractivity contribution is -0.120. The summed E-state index contributed by atoms with van der Waals surface area (Å²) in [5, 5.41) is 25.4. The minimum Gasteiger partial charge on any atom is -0.494 e. The number of carboxylic acid groups (broad SMARTS) is 1. The van der Waals surface area contributed by atoms with Crippen molar-refractivity contribution in [2.75, 3.05) is 33.5 Å². The Morgan fingerprint density at radius 3 is 2.42 bits per heavy atom. The van der Waals surface area contributed by atoms with Crippen LogP contribution in [0.5, 0.6) is 17.2 Å². The zero-order valence-corrected chi connectivity index (χ0v) is 23.6. The van der Waals surface area contributed by atoms with Gasteiger partial charge in [-0.15, -0.1) is 0 Å². The molecule has 0 aromatic heterocycles. The molecule has 1 aliphatic rings. The highest BCUT2D eigenvalue weighted by Gasteiger charge is 2.32. The van der Waals surface area contributed by atoms with Gasteiger partial charge in [0.15, 0.2) is 11.5 Å². The van der Waals surface area contributed by atoms with E-state index in [0.29, 0.717) is 42.3 Å². The van der Waals surface area contributed by atoms with Crippen LogP contribution in [0.3, 0.4) is 0 Å². The molecule has 1 heterocycles. The van der Waals surface area contributed by atoms with Gasteiger partial charge in [-0.3, -0.25) is 4.79 Å². The van der Waals surface area contributed by atoms with E-state index in [9.17, 15) is 28.2 Å². The van der Waals surface area contributed by atoms with Crippen molar-refractivity contribution in [3.05, 3.63) is 48.0 Å². The molecule has 0 spiro atoms. The number of amides is 2. The number of sulfonamides is 1. The lowest BCUT2D eigenvalue weighted by atomic mass is 10.0. The number of nitrogens with one attached hydrogen (secondary N) is 2. The van der Waals surface area contributed by atoms with Gasteiger partial charge in [0, 0.05) is 32.6 Å². The fraction of sp³-hybridized carbons (Fsp3) is 0.481. The Morgan fingerprint density at radius 1 is 1.07 bits per heavy atom. The number of carbonyl (C=O) groups is 2. The van der Waals surface area contributed by atoms with Crippen molar-refractivity contribution in [1.82, 2.24) is 14.9 Å². The third-order valence-electron chi connectivity index (χ3n) is 6.19. The van der Waals surface area contributed by atoms with E-state index < -0.39 is 28.3 Å². The minimum absolute atomic E-state index is 0.000576. The average Bonchev–Trinajstić information content (AvgIpc) is 3.38. The molecule has 12 nitrogen and oxygen atoms in total. The standard InChI is InChI=1S/C27H37N3O9S/c1-18(2)15-30(40(35,36)21-10-11-24-25(14-21)39-17-38-24)16-23(31)22(29-27(33)34)13-19-6-8-20(9-7-19)37-12-4-5-26(32)28-3/h6-11,14,18,22-23,29,31H,4-5,12-13,15-17H2,1-3H3,(H,28,32)(H,33,34)/t22-,23-/m0/s1. The Labute approximate surface area is 234 Å². The number of benzene rings is 2. The summed E-state index contributed by atoms with van der Waals surface area (Å²) in [5.41, 5.74) is 0.713. The summed E-state index contributed by atoms with van der Waals surface area (Å²) in [6.45, 7) is 3.85. The molecule has 2 aromatic rings. The van der Waals surface area contributed by atoms with Gasteiger partial charge in [0.25, 0.3) is 0 Å². The van der Waals surface area contributed by atoms with Crippen molar-refractivity contribution in [2.45, 2.75) is 50.2 Å². The SMILES string of the molecule is CNC(=O)CCCOc1ccc(C[C@H](NC(=O)O)[C@@H](O)CN(CC(C)C)S(=O)(=O)c2ccc3c(c2)OCO3)cc1. The second-order valence-electron chi connectivity index (χ2n) is 9.83. The van der Waals surface area contributed by atoms with E-state index in [1.165, 1.54) is 18.2 Å². The first kappa shape index (κ1) is 31.0. The molecule has 2 atom stereocenters. The molecule has 0 saturated carbocycles. The van der Waals surface area contributed by atoms with Crippen LogP contribution in [0.25, 0.3) is 0 Å². The Morgan fingerprint density at radius 2 is 1.77 bits per heavy atom. The quantitative estimate of drug-likeness (QED) is 0.232. The Hall–Kier alpha value is -3.55. The summed E-state index contributed by atoms with van der Waals surface area (Å²) in [4.78, 5) is 22.8.